The smallest absolute Gasteiger partial charge is 0.230 e. The second-order valence-corrected chi connectivity index (χ2v) is 4.37. The maximum absolute atomic E-state index is 12.8. The molecule has 0 bridgehead atoms. The van der Waals surface area contributed by atoms with Gasteiger partial charge < -0.3 is 5.32 Å². The Morgan fingerprint density at radius 3 is 2.69 bits per heavy atom. The Morgan fingerprint density at radius 1 is 1.56 bits per heavy atom. The summed E-state index contributed by atoms with van der Waals surface area (Å²) in [6.45, 7) is 5.20. The van der Waals surface area contributed by atoms with E-state index < -0.39 is 11.2 Å². The number of pyridine rings is 1. The van der Waals surface area contributed by atoms with Crippen LogP contribution in [0.4, 0.5) is 10.2 Å². The molecule has 0 aliphatic rings. The summed E-state index contributed by atoms with van der Waals surface area (Å²) in [4.78, 5) is 15.3. The molecule has 1 aromatic rings. The Balaban J connectivity index is 2.99. The molecular formula is C11H12FN3O. The number of amides is 1. The number of halogens is 1. The Labute approximate surface area is 93.1 Å². The molecule has 84 valence electrons. The van der Waals surface area contributed by atoms with Crippen molar-refractivity contribution in [1.82, 2.24) is 4.98 Å². The lowest BCUT2D eigenvalue weighted by Crippen LogP contribution is -2.28. The van der Waals surface area contributed by atoms with Gasteiger partial charge in [-0.1, -0.05) is 20.8 Å². The summed E-state index contributed by atoms with van der Waals surface area (Å²) in [5, 5.41) is 11.2. The standard InChI is InChI=1S/C11H12FN3O/c1-11(2,3)10(16)15-9-7(5-13)4-8(12)6-14-9/h4,6H,1-3H3,(H,14,15,16). The van der Waals surface area contributed by atoms with Gasteiger partial charge in [0.15, 0.2) is 5.82 Å². The number of nitrogens with one attached hydrogen (secondary N) is 1. The number of carbonyl (C=O) groups excluding carboxylic acids is 1. The molecule has 0 fully saturated rings. The van der Waals surface area contributed by atoms with E-state index in [4.69, 9.17) is 5.26 Å². The largest absolute Gasteiger partial charge is 0.309 e. The summed E-state index contributed by atoms with van der Waals surface area (Å²) >= 11 is 0. The van der Waals surface area contributed by atoms with E-state index in [9.17, 15) is 9.18 Å². The molecule has 0 aliphatic heterocycles. The number of hydrogen-bond donors (Lipinski definition) is 1. The minimum absolute atomic E-state index is 0.0117. The van der Waals surface area contributed by atoms with E-state index in [1.54, 1.807) is 26.8 Å². The second kappa shape index (κ2) is 4.27. The molecule has 16 heavy (non-hydrogen) atoms. The second-order valence-electron chi connectivity index (χ2n) is 4.37. The highest BCUT2D eigenvalue weighted by atomic mass is 19.1. The summed E-state index contributed by atoms with van der Waals surface area (Å²) < 4.78 is 12.8. The van der Waals surface area contributed by atoms with Gasteiger partial charge in [0.25, 0.3) is 0 Å². The van der Waals surface area contributed by atoms with E-state index in [-0.39, 0.29) is 17.3 Å². The van der Waals surface area contributed by atoms with Crippen LogP contribution in [0.5, 0.6) is 0 Å². The van der Waals surface area contributed by atoms with Gasteiger partial charge in [-0.25, -0.2) is 9.37 Å². The molecule has 1 N–H and O–H groups in total. The zero-order valence-electron chi connectivity index (χ0n) is 9.34. The van der Waals surface area contributed by atoms with E-state index in [1.807, 2.05) is 0 Å². The molecule has 1 heterocycles. The molecule has 0 radical (unpaired) electrons. The lowest BCUT2D eigenvalue weighted by molar-refractivity contribution is -0.123. The first-order chi connectivity index (χ1) is 7.34. The molecular weight excluding hydrogens is 209 g/mol. The van der Waals surface area contributed by atoms with Crippen LogP contribution in [0.25, 0.3) is 0 Å². The Hall–Kier alpha value is -1.96. The highest BCUT2D eigenvalue weighted by Crippen LogP contribution is 2.18. The van der Waals surface area contributed by atoms with Crippen LogP contribution in [-0.2, 0) is 4.79 Å². The van der Waals surface area contributed by atoms with Crippen LogP contribution in [0.1, 0.15) is 26.3 Å². The van der Waals surface area contributed by atoms with Crippen molar-refractivity contribution in [3.8, 4) is 6.07 Å². The summed E-state index contributed by atoms with van der Waals surface area (Å²) in [7, 11) is 0. The van der Waals surface area contributed by atoms with Crippen LogP contribution in [0.2, 0.25) is 0 Å². The Morgan fingerprint density at radius 2 is 2.19 bits per heavy atom. The number of hydrogen-bond acceptors (Lipinski definition) is 3. The zero-order chi connectivity index (χ0) is 12.3. The maximum atomic E-state index is 12.8. The number of nitrogens with zero attached hydrogens (tertiary/aromatic N) is 2. The monoisotopic (exact) mass is 221 g/mol. The van der Waals surface area contributed by atoms with Crippen molar-refractivity contribution in [2.24, 2.45) is 5.41 Å². The number of aromatic nitrogens is 1. The first kappa shape index (κ1) is 12.1. The summed E-state index contributed by atoms with van der Waals surface area (Å²) in [5.41, 5.74) is -0.583. The van der Waals surface area contributed by atoms with Gasteiger partial charge in [-0.2, -0.15) is 5.26 Å². The predicted octanol–water partition coefficient (Wildman–Crippen LogP) is 2.08. The van der Waals surface area contributed by atoms with Gasteiger partial charge in [-0.05, 0) is 6.07 Å². The lowest BCUT2D eigenvalue weighted by Gasteiger charge is -2.17. The minimum Gasteiger partial charge on any atom is -0.309 e. The highest BCUT2D eigenvalue weighted by molar-refractivity contribution is 5.94. The van der Waals surface area contributed by atoms with Crippen molar-refractivity contribution in [2.45, 2.75) is 20.8 Å². The molecule has 1 aromatic heterocycles. The molecule has 0 spiro atoms. The zero-order valence-corrected chi connectivity index (χ0v) is 9.34. The topological polar surface area (TPSA) is 65.8 Å². The molecule has 0 aromatic carbocycles. The molecule has 0 saturated carbocycles. The molecule has 0 atom stereocenters. The molecule has 5 heteroatoms. The number of carbonyl (C=O) groups is 1. The van der Waals surface area contributed by atoms with Gasteiger partial charge in [0.1, 0.15) is 11.9 Å². The van der Waals surface area contributed by atoms with Crippen molar-refractivity contribution in [3.63, 3.8) is 0 Å². The molecule has 1 rings (SSSR count). The molecule has 0 aliphatic carbocycles. The van der Waals surface area contributed by atoms with Crippen LogP contribution in [0.3, 0.4) is 0 Å². The lowest BCUT2D eigenvalue weighted by atomic mass is 9.96. The highest BCUT2D eigenvalue weighted by Gasteiger charge is 2.22. The first-order valence-corrected chi connectivity index (χ1v) is 4.71. The van der Waals surface area contributed by atoms with E-state index in [2.05, 4.69) is 10.3 Å². The third-order valence-corrected chi connectivity index (χ3v) is 1.89. The minimum atomic E-state index is -0.606. The Bertz CT molecular complexity index is 457. The van der Waals surface area contributed by atoms with Crippen LogP contribution < -0.4 is 5.32 Å². The van der Waals surface area contributed by atoms with E-state index in [0.29, 0.717) is 0 Å². The normalized spacial score (nSPS) is 10.7. The fourth-order valence-electron chi connectivity index (χ4n) is 0.919. The quantitative estimate of drug-likeness (QED) is 0.789. The van der Waals surface area contributed by atoms with Gasteiger partial charge >= 0.3 is 0 Å². The molecule has 0 unspecified atom stereocenters. The number of rotatable bonds is 1. The third-order valence-electron chi connectivity index (χ3n) is 1.89. The van der Waals surface area contributed by atoms with Crippen molar-refractivity contribution in [3.05, 3.63) is 23.6 Å². The first-order valence-electron chi connectivity index (χ1n) is 4.71. The SMILES string of the molecule is CC(C)(C)C(=O)Nc1ncc(F)cc1C#N. The van der Waals surface area contributed by atoms with Gasteiger partial charge in [0, 0.05) is 5.41 Å². The van der Waals surface area contributed by atoms with Crippen LogP contribution >= 0.6 is 0 Å². The van der Waals surface area contributed by atoms with Gasteiger partial charge in [-0.15, -0.1) is 0 Å². The van der Waals surface area contributed by atoms with Crippen LogP contribution in [0.15, 0.2) is 12.3 Å². The molecule has 0 saturated heterocycles. The fourth-order valence-corrected chi connectivity index (χ4v) is 0.919. The Kier molecular flexibility index (Phi) is 3.23. The maximum Gasteiger partial charge on any atom is 0.230 e. The molecule has 1 amide bonds. The average Bonchev–Trinajstić information content (AvgIpc) is 2.19. The van der Waals surface area contributed by atoms with E-state index in [1.165, 1.54) is 0 Å². The molecule has 4 nitrogen and oxygen atoms in total. The third kappa shape index (κ3) is 2.76. The fraction of sp³-hybridized carbons (Fsp3) is 0.364. The number of anilines is 1. The van der Waals surface area contributed by atoms with Gasteiger partial charge in [0.2, 0.25) is 5.91 Å². The van der Waals surface area contributed by atoms with Crippen molar-refractivity contribution in [2.75, 3.05) is 5.32 Å². The summed E-state index contributed by atoms with van der Waals surface area (Å²) in [6.07, 6.45) is 0.957. The summed E-state index contributed by atoms with van der Waals surface area (Å²) in [6, 6.07) is 2.81. The predicted molar refractivity (Wildman–Crippen MR) is 57.0 cm³/mol. The van der Waals surface area contributed by atoms with Crippen molar-refractivity contribution in [1.29, 1.82) is 5.26 Å². The summed E-state index contributed by atoms with van der Waals surface area (Å²) in [5.74, 6) is -0.794. The van der Waals surface area contributed by atoms with Crippen molar-refractivity contribution < 1.29 is 9.18 Å². The van der Waals surface area contributed by atoms with Gasteiger partial charge in [0.05, 0.1) is 11.8 Å². The van der Waals surface area contributed by atoms with Crippen molar-refractivity contribution >= 4 is 11.7 Å². The van der Waals surface area contributed by atoms with Crippen LogP contribution in [0, 0.1) is 22.6 Å². The van der Waals surface area contributed by atoms with Crippen LogP contribution in [-0.4, -0.2) is 10.9 Å². The van der Waals surface area contributed by atoms with Gasteiger partial charge in [-0.3, -0.25) is 4.79 Å². The number of nitriles is 1. The van der Waals surface area contributed by atoms with E-state index in [0.717, 1.165) is 12.3 Å². The van der Waals surface area contributed by atoms with E-state index >= 15 is 0 Å². The average molecular weight is 221 g/mol.